The van der Waals surface area contributed by atoms with Crippen molar-refractivity contribution in [3.63, 3.8) is 0 Å². The van der Waals surface area contributed by atoms with Crippen LogP contribution in [0.4, 0.5) is 0 Å². The van der Waals surface area contributed by atoms with E-state index in [1.807, 2.05) is 25.2 Å². The molecule has 1 aliphatic heterocycles. The van der Waals surface area contributed by atoms with Gasteiger partial charge < -0.3 is 5.32 Å². The number of aromatic nitrogens is 1. The molecule has 1 aromatic heterocycles. The summed E-state index contributed by atoms with van der Waals surface area (Å²) in [6.45, 7) is 0. The number of benzene rings is 1. The summed E-state index contributed by atoms with van der Waals surface area (Å²) in [7, 11) is -0.880. The standard InChI is InChI=1S/C16H20N2O2S/c1-17-16(10-12-7-9-21(19,20)11-12)14-4-2-6-15-13(14)5-3-8-18-15/h2-6,8,12,16-17H,7,9-11H2,1H3. The second-order valence-corrected chi connectivity index (χ2v) is 7.99. The predicted octanol–water partition coefficient (Wildman–Crippen LogP) is 2.32. The number of hydrogen-bond acceptors (Lipinski definition) is 4. The van der Waals surface area contributed by atoms with Gasteiger partial charge in [-0.2, -0.15) is 0 Å². The van der Waals surface area contributed by atoms with Crippen LogP contribution in [0.5, 0.6) is 0 Å². The first-order valence-corrected chi connectivity index (χ1v) is 9.12. The molecular weight excluding hydrogens is 284 g/mol. The van der Waals surface area contributed by atoms with Crippen molar-refractivity contribution < 1.29 is 8.42 Å². The van der Waals surface area contributed by atoms with Gasteiger partial charge in [-0.3, -0.25) is 4.98 Å². The molecule has 0 bridgehead atoms. The van der Waals surface area contributed by atoms with Crippen LogP contribution in [-0.2, 0) is 9.84 Å². The molecule has 112 valence electrons. The zero-order chi connectivity index (χ0) is 14.9. The lowest BCUT2D eigenvalue weighted by Crippen LogP contribution is -2.21. The Hall–Kier alpha value is -1.46. The maximum atomic E-state index is 11.6. The highest BCUT2D eigenvalue weighted by Crippen LogP contribution is 2.31. The van der Waals surface area contributed by atoms with Crippen LogP contribution >= 0.6 is 0 Å². The molecule has 3 rings (SSSR count). The van der Waals surface area contributed by atoms with E-state index in [1.165, 1.54) is 5.56 Å². The molecule has 5 heteroatoms. The minimum atomic E-state index is -2.81. The smallest absolute Gasteiger partial charge is 0.150 e. The van der Waals surface area contributed by atoms with Crippen molar-refractivity contribution in [2.24, 2.45) is 5.92 Å². The summed E-state index contributed by atoms with van der Waals surface area (Å²) < 4.78 is 23.3. The summed E-state index contributed by atoms with van der Waals surface area (Å²) in [5.41, 5.74) is 2.18. The van der Waals surface area contributed by atoms with Crippen LogP contribution in [0.3, 0.4) is 0 Å². The summed E-state index contributed by atoms with van der Waals surface area (Å²) in [6, 6.07) is 10.3. The first kappa shape index (κ1) is 14.5. The van der Waals surface area contributed by atoms with Crippen molar-refractivity contribution in [2.75, 3.05) is 18.6 Å². The van der Waals surface area contributed by atoms with E-state index in [0.717, 1.165) is 23.7 Å². The van der Waals surface area contributed by atoms with Gasteiger partial charge in [0.25, 0.3) is 0 Å². The van der Waals surface area contributed by atoms with E-state index in [2.05, 4.69) is 22.4 Å². The third-order valence-electron chi connectivity index (χ3n) is 4.30. The normalized spacial score (nSPS) is 22.4. The van der Waals surface area contributed by atoms with Crippen molar-refractivity contribution in [1.29, 1.82) is 0 Å². The molecule has 0 saturated carbocycles. The monoisotopic (exact) mass is 304 g/mol. The van der Waals surface area contributed by atoms with E-state index in [9.17, 15) is 8.42 Å². The molecular formula is C16H20N2O2S. The number of hydrogen-bond donors (Lipinski definition) is 1. The second-order valence-electron chi connectivity index (χ2n) is 5.76. The van der Waals surface area contributed by atoms with Crippen molar-refractivity contribution >= 4 is 20.7 Å². The third-order valence-corrected chi connectivity index (χ3v) is 6.14. The average Bonchev–Trinajstić information content (AvgIpc) is 2.83. The topological polar surface area (TPSA) is 59.1 Å². The minimum Gasteiger partial charge on any atom is -0.313 e. The Morgan fingerprint density at radius 2 is 2.19 bits per heavy atom. The van der Waals surface area contributed by atoms with Gasteiger partial charge in [-0.1, -0.05) is 18.2 Å². The van der Waals surface area contributed by atoms with Crippen LogP contribution in [0.25, 0.3) is 10.9 Å². The van der Waals surface area contributed by atoms with Gasteiger partial charge in [0, 0.05) is 17.6 Å². The van der Waals surface area contributed by atoms with Crippen molar-refractivity contribution in [3.05, 3.63) is 42.1 Å². The van der Waals surface area contributed by atoms with Crippen molar-refractivity contribution in [3.8, 4) is 0 Å². The lowest BCUT2D eigenvalue weighted by atomic mass is 9.92. The molecule has 0 spiro atoms. The highest BCUT2D eigenvalue weighted by molar-refractivity contribution is 7.91. The number of nitrogens with zero attached hydrogens (tertiary/aromatic N) is 1. The highest BCUT2D eigenvalue weighted by Gasteiger charge is 2.30. The van der Waals surface area contributed by atoms with Gasteiger partial charge in [0.05, 0.1) is 17.0 Å². The zero-order valence-corrected chi connectivity index (χ0v) is 12.9. The van der Waals surface area contributed by atoms with Crippen LogP contribution in [-0.4, -0.2) is 32.0 Å². The fourth-order valence-corrected chi connectivity index (χ4v) is 5.10. The average molecular weight is 304 g/mol. The van der Waals surface area contributed by atoms with Crippen LogP contribution in [0.2, 0.25) is 0 Å². The largest absolute Gasteiger partial charge is 0.313 e. The van der Waals surface area contributed by atoms with Gasteiger partial charge in [0.2, 0.25) is 0 Å². The van der Waals surface area contributed by atoms with E-state index < -0.39 is 9.84 Å². The lowest BCUT2D eigenvalue weighted by molar-refractivity contribution is 0.439. The molecule has 1 fully saturated rings. The number of rotatable bonds is 4. The molecule has 2 atom stereocenters. The third kappa shape index (κ3) is 3.09. The second kappa shape index (κ2) is 5.73. The number of sulfone groups is 1. The zero-order valence-electron chi connectivity index (χ0n) is 12.1. The van der Waals surface area contributed by atoms with Crippen LogP contribution in [0.15, 0.2) is 36.5 Å². The number of nitrogens with one attached hydrogen (secondary N) is 1. The molecule has 0 amide bonds. The molecule has 0 aliphatic carbocycles. The molecule has 2 heterocycles. The highest BCUT2D eigenvalue weighted by atomic mass is 32.2. The molecule has 1 aromatic carbocycles. The summed E-state index contributed by atoms with van der Waals surface area (Å²) in [5, 5.41) is 4.48. The first-order chi connectivity index (χ1) is 10.1. The Kier molecular flexibility index (Phi) is 3.95. The summed E-state index contributed by atoms with van der Waals surface area (Å²) in [6.07, 6.45) is 3.43. The first-order valence-electron chi connectivity index (χ1n) is 7.30. The maximum absolute atomic E-state index is 11.6. The quantitative estimate of drug-likeness (QED) is 0.942. The van der Waals surface area contributed by atoms with Gasteiger partial charge in [0.15, 0.2) is 9.84 Å². The van der Waals surface area contributed by atoms with Gasteiger partial charge >= 0.3 is 0 Å². The molecule has 2 unspecified atom stereocenters. The number of pyridine rings is 1. The summed E-state index contributed by atoms with van der Waals surface area (Å²) >= 11 is 0. The Bertz CT molecular complexity index is 738. The Labute approximate surface area is 125 Å². The molecule has 2 aromatic rings. The van der Waals surface area contributed by atoms with Crippen molar-refractivity contribution in [1.82, 2.24) is 10.3 Å². The number of fused-ring (bicyclic) bond motifs is 1. The Morgan fingerprint density at radius 3 is 2.90 bits per heavy atom. The van der Waals surface area contributed by atoms with Gasteiger partial charge in [-0.15, -0.1) is 0 Å². The molecule has 4 nitrogen and oxygen atoms in total. The Balaban J connectivity index is 1.89. The van der Waals surface area contributed by atoms with Crippen molar-refractivity contribution in [2.45, 2.75) is 18.9 Å². The summed E-state index contributed by atoms with van der Waals surface area (Å²) in [5.74, 6) is 0.915. The van der Waals surface area contributed by atoms with Gasteiger partial charge in [-0.25, -0.2) is 8.42 Å². The minimum absolute atomic E-state index is 0.163. The van der Waals surface area contributed by atoms with E-state index in [4.69, 9.17) is 0 Å². The molecule has 0 radical (unpaired) electrons. The molecule has 21 heavy (non-hydrogen) atoms. The van der Waals surface area contributed by atoms with Crippen LogP contribution < -0.4 is 5.32 Å². The lowest BCUT2D eigenvalue weighted by Gasteiger charge is -2.21. The fraction of sp³-hybridized carbons (Fsp3) is 0.438. The van der Waals surface area contributed by atoms with E-state index in [1.54, 1.807) is 6.20 Å². The maximum Gasteiger partial charge on any atom is 0.150 e. The van der Waals surface area contributed by atoms with Crippen LogP contribution in [0, 0.1) is 5.92 Å². The van der Waals surface area contributed by atoms with Crippen LogP contribution in [0.1, 0.15) is 24.4 Å². The molecule has 1 N–H and O–H groups in total. The van der Waals surface area contributed by atoms with Gasteiger partial charge in [0.1, 0.15) is 0 Å². The Morgan fingerprint density at radius 1 is 1.33 bits per heavy atom. The van der Waals surface area contributed by atoms with E-state index in [0.29, 0.717) is 11.5 Å². The fourth-order valence-electron chi connectivity index (χ4n) is 3.22. The molecule has 1 aliphatic rings. The SMILES string of the molecule is CNC(CC1CCS(=O)(=O)C1)c1cccc2ncccc12. The van der Waals surface area contributed by atoms with Gasteiger partial charge in [-0.05, 0) is 43.5 Å². The predicted molar refractivity (Wildman–Crippen MR) is 84.9 cm³/mol. The van der Waals surface area contributed by atoms with E-state index in [-0.39, 0.29) is 12.0 Å². The summed E-state index contributed by atoms with van der Waals surface area (Å²) in [4.78, 5) is 4.39. The molecule has 1 saturated heterocycles. The van der Waals surface area contributed by atoms with E-state index >= 15 is 0 Å².